The average Bonchev–Trinajstić information content (AvgIpc) is 3.11. The topological polar surface area (TPSA) is 111 Å². The Kier molecular flexibility index (Phi) is 4.55. The first-order chi connectivity index (χ1) is 14.1. The van der Waals surface area contributed by atoms with Gasteiger partial charge in [-0.15, -0.1) is 0 Å². The number of phenolic OH excluding ortho intramolecular Hbond substituents is 1. The van der Waals surface area contributed by atoms with Crippen molar-refractivity contribution in [2.24, 2.45) is 5.10 Å². The Balaban J connectivity index is 1.82. The number of hydrogen-bond acceptors (Lipinski definition) is 7. The Morgan fingerprint density at radius 2 is 1.83 bits per heavy atom. The smallest absolute Gasteiger partial charge is 0.298 e. The van der Waals surface area contributed by atoms with Crippen molar-refractivity contribution in [2.45, 2.75) is 0 Å². The van der Waals surface area contributed by atoms with Gasteiger partial charge in [-0.05, 0) is 18.2 Å². The van der Waals surface area contributed by atoms with Crippen molar-refractivity contribution in [3.05, 3.63) is 52.6 Å². The first-order valence-electron chi connectivity index (χ1n) is 8.62. The Morgan fingerprint density at radius 3 is 2.55 bits per heavy atom. The Hall–Kier alpha value is -4.01. The van der Waals surface area contributed by atoms with Gasteiger partial charge in [0, 0.05) is 17.0 Å². The molecule has 0 atom stereocenters. The molecule has 9 nitrogen and oxygen atoms in total. The number of methoxy groups -OCH3 is 3. The number of aromatic amines is 1. The number of hydrogen-bond donors (Lipinski definition) is 2. The summed E-state index contributed by atoms with van der Waals surface area (Å²) in [5, 5.41) is 15.0. The molecule has 0 aliphatic heterocycles. The number of para-hydroxylation sites is 1. The van der Waals surface area contributed by atoms with E-state index in [2.05, 4.69) is 15.1 Å². The SMILES string of the molecule is COc1cc2[nH]c3c(=O)n(/N=C/c4cccc(OC)c4O)cnc3c2cc1OC. The van der Waals surface area contributed by atoms with Gasteiger partial charge in [-0.1, -0.05) is 6.07 Å². The molecule has 29 heavy (non-hydrogen) atoms. The maximum absolute atomic E-state index is 12.9. The van der Waals surface area contributed by atoms with Gasteiger partial charge in [0.25, 0.3) is 5.56 Å². The molecule has 0 amide bonds. The van der Waals surface area contributed by atoms with Crippen molar-refractivity contribution in [3.8, 4) is 23.0 Å². The largest absolute Gasteiger partial charge is 0.504 e. The normalized spacial score (nSPS) is 11.4. The van der Waals surface area contributed by atoms with E-state index >= 15 is 0 Å². The van der Waals surface area contributed by atoms with Gasteiger partial charge in [0.1, 0.15) is 17.4 Å². The zero-order valence-corrected chi connectivity index (χ0v) is 16.0. The summed E-state index contributed by atoms with van der Waals surface area (Å²) >= 11 is 0. The summed E-state index contributed by atoms with van der Waals surface area (Å²) in [6.45, 7) is 0. The van der Waals surface area contributed by atoms with Crippen LogP contribution in [0.5, 0.6) is 23.0 Å². The second kappa shape index (κ2) is 7.19. The molecule has 0 aliphatic carbocycles. The summed E-state index contributed by atoms with van der Waals surface area (Å²) in [5.74, 6) is 1.33. The molecule has 2 heterocycles. The average molecular weight is 394 g/mol. The molecule has 9 heteroatoms. The van der Waals surface area contributed by atoms with E-state index in [1.807, 2.05) is 0 Å². The second-order valence-corrected chi connectivity index (χ2v) is 6.14. The lowest BCUT2D eigenvalue weighted by Gasteiger charge is -2.06. The van der Waals surface area contributed by atoms with E-state index in [4.69, 9.17) is 14.2 Å². The van der Waals surface area contributed by atoms with Gasteiger partial charge < -0.3 is 24.3 Å². The maximum Gasteiger partial charge on any atom is 0.298 e. The third-order valence-corrected chi connectivity index (χ3v) is 4.56. The van der Waals surface area contributed by atoms with E-state index in [1.54, 1.807) is 44.6 Å². The third-order valence-electron chi connectivity index (χ3n) is 4.56. The zero-order valence-electron chi connectivity index (χ0n) is 16.0. The molecule has 4 rings (SSSR count). The number of phenols is 1. The van der Waals surface area contributed by atoms with Crippen LogP contribution in [0.1, 0.15) is 5.56 Å². The van der Waals surface area contributed by atoms with E-state index in [1.165, 1.54) is 19.7 Å². The molecule has 0 unspecified atom stereocenters. The number of H-pyrrole nitrogens is 1. The summed E-state index contributed by atoms with van der Waals surface area (Å²) in [6, 6.07) is 8.50. The van der Waals surface area contributed by atoms with Gasteiger partial charge in [-0.2, -0.15) is 9.78 Å². The van der Waals surface area contributed by atoms with E-state index in [0.717, 1.165) is 10.1 Å². The molecule has 0 saturated heterocycles. The van der Waals surface area contributed by atoms with Crippen molar-refractivity contribution in [2.75, 3.05) is 21.3 Å². The van der Waals surface area contributed by atoms with Gasteiger partial charge >= 0.3 is 0 Å². The Bertz CT molecular complexity index is 1310. The molecule has 2 aromatic carbocycles. The van der Waals surface area contributed by atoms with Gasteiger partial charge in [0.15, 0.2) is 23.0 Å². The van der Waals surface area contributed by atoms with E-state index in [-0.39, 0.29) is 11.3 Å². The molecule has 0 fully saturated rings. The minimum Gasteiger partial charge on any atom is -0.504 e. The molecule has 0 bridgehead atoms. The number of benzene rings is 2. The predicted molar refractivity (Wildman–Crippen MR) is 109 cm³/mol. The van der Waals surface area contributed by atoms with E-state index in [9.17, 15) is 9.90 Å². The molecule has 0 aliphatic rings. The van der Waals surface area contributed by atoms with Crippen LogP contribution in [0.25, 0.3) is 21.9 Å². The monoisotopic (exact) mass is 394 g/mol. The summed E-state index contributed by atoms with van der Waals surface area (Å²) in [4.78, 5) is 20.3. The highest BCUT2D eigenvalue weighted by Gasteiger charge is 2.15. The number of rotatable bonds is 5. The summed E-state index contributed by atoms with van der Waals surface area (Å²) < 4.78 is 16.8. The number of fused-ring (bicyclic) bond motifs is 3. The number of aromatic hydroxyl groups is 1. The number of aromatic nitrogens is 3. The Morgan fingerprint density at radius 1 is 1.10 bits per heavy atom. The lowest BCUT2D eigenvalue weighted by atomic mass is 10.2. The van der Waals surface area contributed by atoms with Gasteiger partial charge in [0.2, 0.25) is 0 Å². The van der Waals surface area contributed by atoms with Crippen LogP contribution in [0.2, 0.25) is 0 Å². The Labute approximate surface area is 164 Å². The van der Waals surface area contributed by atoms with Crippen molar-refractivity contribution in [3.63, 3.8) is 0 Å². The fourth-order valence-corrected chi connectivity index (χ4v) is 3.09. The minimum atomic E-state index is -0.386. The number of ether oxygens (including phenoxy) is 3. The molecule has 0 spiro atoms. The minimum absolute atomic E-state index is 0.0642. The fourth-order valence-electron chi connectivity index (χ4n) is 3.09. The van der Waals surface area contributed by atoms with Crippen molar-refractivity contribution in [1.82, 2.24) is 14.6 Å². The molecule has 2 aromatic heterocycles. The number of nitrogens with one attached hydrogen (secondary N) is 1. The van der Waals surface area contributed by atoms with Crippen LogP contribution < -0.4 is 19.8 Å². The van der Waals surface area contributed by atoms with Crippen LogP contribution in [-0.2, 0) is 0 Å². The summed E-state index contributed by atoms with van der Waals surface area (Å²) in [7, 11) is 4.54. The lowest BCUT2D eigenvalue weighted by molar-refractivity contribution is 0.356. The summed E-state index contributed by atoms with van der Waals surface area (Å²) in [5.41, 5.74) is 1.51. The van der Waals surface area contributed by atoms with Gasteiger partial charge in [0.05, 0.1) is 33.1 Å². The van der Waals surface area contributed by atoms with Crippen LogP contribution in [-0.4, -0.2) is 47.3 Å². The maximum atomic E-state index is 12.9. The third kappa shape index (κ3) is 3.02. The van der Waals surface area contributed by atoms with Crippen LogP contribution in [0.3, 0.4) is 0 Å². The highest BCUT2D eigenvalue weighted by atomic mass is 16.5. The first kappa shape index (κ1) is 18.4. The zero-order chi connectivity index (χ0) is 20.5. The predicted octanol–water partition coefficient (Wildman–Crippen LogP) is 2.49. The molecular weight excluding hydrogens is 376 g/mol. The van der Waals surface area contributed by atoms with Crippen LogP contribution in [0.4, 0.5) is 0 Å². The molecular formula is C20H18N4O5. The standard InChI is InChI=1S/C20H18N4O5/c1-27-14-6-4-5-11(19(14)25)9-22-24-10-21-17-12-7-15(28-2)16(29-3)8-13(12)23-18(17)20(24)26/h4-10,23,25H,1-3H3/b22-9+. The molecule has 4 aromatic rings. The molecule has 148 valence electrons. The van der Waals surface area contributed by atoms with Crippen molar-refractivity contribution < 1.29 is 19.3 Å². The molecule has 0 saturated carbocycles. The lowest BCUT2D eigenvalue weighted by Crippen LogP contribution is -2.17. The fraction of sp³-hybridized carbons (Fsp3) is 0.150. The van der Waals surface area contributed by atoms with Gasteiger partial charge in [-0.25, -0.2) is 4.98 Å². The quantitative estimate of drug-likeness (QED) is 0.503. The molecule has 2 N–H and O–H groups in total. The van der Waals surface area contributed by atoms with Crippen molar-refractivity contribution in [1.29, 1.82) is 0 Å². The van der Waals surface area contributed by atoms with Crippen LogP contribution >= 0.6 is 0 Å². The van der Waals surface area contributed by atoms with Gasteiger partial charge in [-0.3, -0.25) is 4.79 Å². The van der Waals surface area contributed by atoms with E-state index < -0.39 is 0 Å². The summed E-state index contributed by atoms with van der Waals surface area (Å²) in [6.07, 6.45) is 2.68. The highest BCUT2D eigenvalue weighted by molar-refractivity contribution is 6.05. The first-order valence-corrected chi connectivity index (χ1v) is 8.62. The highest BCUT2D eigenvalue weighted by Crippen LogP contribution is 2.34. The van der Waals surface area contributed by atoms with Crippen LogP contribution in [0, 0.1) is 0 Å². The number of nitrogens with zero attached hydrogens (tertiary/aromatic N) is 3. The molecule has 0 radical (unpaired) electrons. The second-order valence-electron chi connectivity index (χ2n) is 6.14. The van der Waals surface area contributed by atoms with Crippen LogP contribution in [0.15, 0.2) is 46.6 Å². The van der Waals surface area contributed by atoms with Crippen molar-refractivity contribution >= 4 is 28.2 Å². The van der Waals surface area contributed by atoms with E-state index in [0.29, 0.717) is 39.4 Å².